The van der Waals surface area contributed by atoms with Gasteiger partial charge in [-0.25, -0.2) is 0 Å². The lowest BCUT2D eigenvalue weighted by Gasteiger charge is -2.16. The smallest absolute Gasteiger partial charge is 0.309 e. The van der Waals surface area contributed by atoms with Gasteiger partial charge in [-0.05, 0) is 0 Å². The standard InChI is InChI=1S/C11H15NO6/c1-6(4-9-16-2-3-17-9)11(15)18-7-5-8(13)12-10(7)14/h6-7,9H,2-5H2,1H3,(H,12,13,14). The zero-order valence-electron chi connectivity index (χ0n) is 10.0. The molecule has 0 bridgehead atoms. The van der Waals surface area contributed by atoms with Gasteiger partial charge in [-0.15, -0.1) is 0 Å². The maximum absolute atomic E-state index is 11.7. The molecule has 7 nitrogen and oxygen atoms in total. The molecule has 100 valence electrons. The van der Waals surface area contributed by atoms with Crippen molar-refractivity contribution in [3.8, 4) is 0 Å². The Bertz CT molecular complexity index is 363. The van der Waals surface area contributed by atoms with Crippen molar-refractivity contribution in [3.05, 3.63) is 0 Å². The number of hydrogen-bond donors (Lipinski definition) is 1. The molecular formula is C11H15NO6. The predicted octanol–water partition coefficient (Wildman–Crippen LogP) is -0.656. The van der Waals surface area contributed by atoms with Crippen LogP contribution in [0.5, 0.6) is 0 Å². The first-order chi connectivity index (χ1) is 8.56. The van der Waals surface area contributed by atoms with E-state index in [2.05, 4.69) is 5.32 Å². The predicted molar refractivity (Wildman–Crippen MR) is 57.1 cm³/mol. The van der Waals surface area contributed by atoms with Gasteiger partial charge in [-0.1, -0.05) is 6.92 Å². The first kappa shape index (κ1) is 13.0. The molecule has 2 atom stereocenters. The molecule has 0 aromatic rings. The molecule has 0 aromatic heterocycles. The second-order valence-corrected chi connectivity index (χ2v) is 4.35. The molecule has 7 heteroatoms. The molecule has 2 aliphatic heterocycles. The second kappa shape index (κ2) is 5.45. The highest BCUT2D eigenvalue weighted by Crippen LogP contribution is 2.17. The van der Waals surface area contributed by atoms with E-state index in [4.69, 9.17) is 14.2 Å². The van der Waals surface area contributed by atoms with Gasteiger partial charge in [0.2, 0.25) is 5.91 Å². The van der Waals surface area contributed by atoms with Crippen LogP contribution >= 0.6 is 0 Å². The zero-order chi connectivity index (χ0) is 13.1. The number of nitrogens with one attached hydrogen (secondary N) is 1. The molecule has 0 saturated carbocycles. The van der Waals surface area contributed by atoms with Crippen LogP contribution in [0.3, 0.4) is 0 Å². The van der Waals surface area contributed by atoms with Gasteiger partial charge in [0, 0.05) is 6.42 Å². The van der Waals surface area contributed by atoms with Gasteiger partial charge in [-0.2, -0.15) is 0 Å². The Morgan fingerprint density at radius 2 is 2.11 bits per heavy atom. The average molecular weight is 257 g/mol. The number of amides is 2. The Morgan fingerprint density at radius 3 is 2.67 bits per heavy atom. The summed E-state index contributed by atoms with van der Waals surface area (Å²) in [6, 6.07) is 0. The first-order valence-corrected chi connectivity index (χ1v) is 5.83. The summed E-state index contributed by atoms with van der Waals surface area (Å²) in [5.74, 6) is -1.96. The summed E-state index contributed by atoms with van der Waals surface area (Å²) in [5.41, 5.74) is 0. The molecule has 1 N–H and O–H groups in total. The molecule has 2 unspecified atom stereocenters. The number of carbonyl (C=O) groups is 3. The summed E-state index contributed by atoms with van der Waals surface area (Å²) in [7, 11) is 0. The molecule has 2 saturated heterocycles. The van der Waals surface area contributed by atoms with Crippen LogP contribution in [0.25, 0.3) is 0 Å². The largest absolute Gasteiger partial charge is 0.451 e. The van der Waals surface area contributed by atoms with Crippen molar-refractivity contribution in [3.63, 3.8) is 0 Å². The highest BCUT2D eigenvalue weighted by molar-refractivity contribution is 6.05. The molecule has 2 amide bonds. The van der Waals surface area contributed by atoms with Crippen LogP contribution < -0.4 is 5.32 Å². The molecule has 18 heavy (non-hydrogen) atoms. The summed E-state index contributed by atoms with van der Waals surface area (Å²) in [5, 5.41) is 2.08. The van der Waals surface area contributed by atoms with Crippen molar-refractivity contribution >= 4 is 17.8 Å². The van der Waals surface area contributed by atoms with Gasteiger partial charge < -0.3 is 14.2 Å². The van der Waals surface area contributed by atoms with E-state index in [0.717, 1.165) is 0 Å². The quantitative estimate of drug-likeness (QED) is 0.531. The van der Waals surface area contributed by atoms with Gasteiger partial charge >= 0.3 is 5.97 Å². The third kappa shape index (κ3) is 3.05. The zero-order valence-corrected chi connectivity index (χ0v) is 10.0. The first-order valence-electron chi connectivity index (χ1n) is 5.83. The highest BCUT2D eigenvalue weighted by atomic mass is 16.7. The van der Waals surface area contributed by atoms with E-state index in [1.165, 1.54) is 0 Å². The molecule has 2 rings (SSSR count). The number of esters is 1. The maximum atomic E-state index is 11.7. The van der Waals surface area contributed by atoms with Crippen molar-refractivity contribution in [1.29, 1.82) is 0 Å². The van der Waals surface area contributed by atoms with E-state index in [-0.39, 0.29) is 6.42 Å². The van der Waals surface area contributed by atoms with E-state index in [1.54, 1.807) is 6.92 Å². The number of hydrogen-bond acceptors (Lipinski definition) is 6. The molecule has 2 aliphatic rings. The number of ether oxygens (including phenoxy) is 3. The lowest BCUT2D eigenvalue weighted by atomic mass is 10.1. The Morgan fingerprint density at radius 1 is 1.44 bits per heavy atom. The minimum absolute atomic E-state index is 0.103. The molecule has 0 aliphatic carbocycles. The molecule has 2 heterocycles. The summed E-state index contributed by atoms with van der Waals surface area (Å²) in [4.78, 5) is 33.9. The van der Waals surface area contributed by atoms with Crippen molar-refractivity contribution in [1.82, 2.24) is 5.32 Å². The van der Waals surface area contributed by atoms with Crippen LogP contribution in [-0.2, 0) is 28.6 Å². The third-order valence-electron chi connectivity index (χ3n) is 2.82. The van der Waals surface area contributed by atoms with Crippen LogP contribution in [0.15, 0.2) is 0 Å². The van der Waals surface area contributed by atoms with Gasteiger partial charge in [0.15, 0.2) is 12.4 Å². The van der Waals surface area contributed by atoms with Crippen LogP contribution in [0, 0.1) is 5.92 Å². The van der Waals surface area contributed by atoms with Crippen molar-refractivity contribution in [2.45, 2.75) is 32.2 Å². The Kier molecular flexibility index (Phi) is 3.93. The van der Waals surface area contributed by atoms with Gasteiger partial charge in [0.1, 0.15) is 0 Å². The summed E-state index contributed by atoms with van der Waals surface area (Å²) >= 11 is 0. The third-order valence-corrected chi connectivity index (χ3v) is 2.82. The van der Waals surface area contributed by atoms with Gasteiger partial charge in [0.05, 0.1) is 25.6 Å². The van der Waals surface area contributed by atoms with E-state index in [1.807, 2.05) is 0 Å². The molecule has 0 radical (unpaired) electrons. The minimum Gasteiger partial charge on any atom is -0.451 e. The number of carbonyl (C=O) groups excluding carboxylic acids is 3. The maximum Gasteiger partial charge on any atom is 0.309 e. The van der Waals surface area contributed by atoms with E-state index in [9.17, 15) is 14.4 Å². The van der Waals surface area contributed by atoms with Crippen molar-refractivity contribution in [2.75, 3.05) is 13.2 Å². The van der Waals surface area contributed by atoms with E-state index < -0.39 is 36.1 Å². The molecular weight excluding hydrogens is 242 g/mol. The Hall–Kier alpha value is -1.47. The van der Waals surface area contributed by atoms with E-state index in [0.29, 0.717) is 19.6 Å². The normalized spacial score (nSPS) is 26.2. The van der Waals surface area contributed by atoms with Gasteiger partial charge in [0.25, 0.3) is 5.91 Å². The topological polar surface area (TPSA) is 90.9 Å². The summed E-state index contributed by atoms with van der Waals surface area (Å²) < 4.78 is 15.4. The lowest BCUT2D eigenvalue weighted by Crippen LogP contribution is -2.31. The Labute approximate surface area is 104 Å². The average Bonchev–Trinajstić information content (AvgIpc) is 2.89. The van der Waals surface area contributed by atoms with Crippen LogP contribution in [0.4, 0.5) is 0 Å². The van der Waals surface area contributed by atoms with Crippen LogP contribution in [-0.4, -0.2) is 43.4 Å². The monoisotopic (exact) mass is 257 g/mol. The SMILES string of the molecule is CC(CC1OCCO1)C(=O)OC1CC(=O)NC1=O. The fraction of sp³-hybridized carbons (Fsp3) is 0.727. The van der Waals surface area contributed by atoms with Gasteiger partial charge in [-0.3, -0.25) is 19.7 Å². The highest BCUT2D eigenvalue weighted by Gasteiger charge is 2.35. The van der Waals surface area contributed by atoms with Crippen LogP contribution in [0.2, 0.25) is 0 Å². The van der Waals surface area contributed by atoms with E-state index >= 15 is 0 Å². The number of rotatable bonds is 4. The fourth-order valence-corrected chi connectivity index (χ4v) is 1.81. The van der Waals surface area contributed by atoms with Crippen molar-refractivity contribution < 1.29 is 28.6 Å². The summed E-state index contributed by atoms with van der Waals surface area (Å²) in [6.45, 7) is 2.71. The Balaban J connectivity index is 1.79. The molecule has 2 fully saturated rings. The minimum atomic E-state index is -1.00. The van der Waals surface area contributed by atoms with Crippen molar-refractivity contribution in [2.24, 2.45) is 5.92 Å². The molecule has 0 aromatic carbocycles. The molecule has 0 spiro atoms. The lowest BCUT2D eigenvalue weighted by molar-refractivity contribution is -0.160. The fourth-order valence-electron chi connectivity index (χ4n) is 1.81. The summed E-state index contributed by atoms with van der Waals surface area (Å²) in [6.07, 6.45) is -1.13. The number of imide groups is 1. The van der Waals surface area contributed by atoms with Crippen LogP contribution in [0.1, 0.15) is 19.8 Å². The second-order valence-electron chi connectivity index (χ2n) is 4.35.